The van der Waals surface area contributed by atoms with E-state index in [0.29, 0.717) is 17.1 Å². The highest BCUT2D eigenvalue weighted by molar-refractivity contribution is 6.30. The minimum Gasteiger partial charge on any atom is -0.329 e. The molecule has 1 fully saturated rings. The van der Waals surface area contributed by atoms with E-state index in [9.17, 15) is 4.79 Å². The van der Waals surface area contributed by atoms with Gasteiger partial charge in [-0.25, -0.2) is 0 Å². The van der Waals surface area contributed by atoms with Crippen molar-refractivity contribution in [3.05, 3.63) is 64.4 Å². The molecule has 1 saturated heterocycles. The Morgan fingerprint density at radius 3 is 2.83 bits per heavy atom. The van der Waals surface area contributed by atoms with Crippen LogP contribution in [0.5, 0.6) is 0 Å². The van der Waals surface area contributed by atoms with Crippen LogP contribution in [0.3, 0.4) is 0 Å². The zero-order valence-corrected chi connectivity index (χ0v) is 15.6. The molecular formula is C17H20Cl3N3O. The van der Waals surface area contributed by atoms with Gasteiger partial charge in [-0.15, -0.1) is 24.8 Å². The monoisotopic (exact) mass is 387 g/mol. The zero-order valence-electron chi connectivity index (χ0n) is 13.2. The highest BCUT2D eigenvalue weighted by atomic mass is 35.5. The minimum absolute atomic E-state index is 0. The molecule has 1 N–H and O–H groups in total. The van der Waals surface area contributed by atoms with Crippen LogP contribution in [0.15, 0.2) is 42.7 Å². The van der Waals surface area contributed by atoms with Gasteiger partial charge in [0, 0.05) is 37.1 Å². The summed E-state index contributed by atoms with van der Waals surface area (Å²) in [4.78, 5) is 18.9. The number of carbonyl (C=O) groups is 1. The van der Waals surface area contributed by atoms with Gasteiger partial charge in [0.25, 0.3) is 5.91 Å². The molecule has 1 aliphatic rings. The molecule has 7 heteroatoms. The van der Waals surface area contributed by atoms with Crippen LogP contribution in [-0.2, 0) is 0 Å². The highest BCUT2D eigenvalue weighted by Gasteiger charge is 2.29. The quantitative estimate of drug-likeness (QED) is 0.853. The number of hydrogen-bond donors (Lipinski definition) is 1. The van der Waals surface area contributed by atoms with Gasteiger partial charge in [0.15, 0.2) is 0 Å². The molecule has 0 saturated carbocycles. The van der Waals surface area contributed by atoms with E-state index in [4.69, 9.17) is 11.6 Å². The Kier molecular flexibility index (Phi) is 7.97. The van der Waals surface area contributed by atoms with Crippen molar-refractivity contribution in [1.82, 2.24) is 15.2 Å². The average molecular weight is 389 g/mol. The van der Waals surface area contributed by atoms with E-state index in [2.05, 4.69) is 10.3 Å². The van der Waals surface area contributed by atoms with Gasteiger partial charge in [0.1, 0.15) is 0 Å². The molecule has 3 rings (SSSR count). The second-order valence-corrected chi connectivity index (χ2v) is 5.90. The summed E-state index contributed by atoms with van der Waals surface area (Å²) in [6.45, 7) is 4.13. The number of pyridine rings is 1. The number of hydrogen-bond acceptors (Lipinski definition) is 3. The second-order valence-electron chi connectivity index (χ2n) is 5.46. The molecule has 0 aliphatic carbocycles. The standard InChI is InChI=1S/C17H18ClN3O.2ClH/c1-12-5-6-19-10-15(12)17(22)21-8-7-20-11-16(21)13-3-2-4-14(18)9-13;;/h2-6,9-10,16,20H,7-8,11H2,1H3;2*1H. The summed E-state index contributed by atoms with van der Waals surface area (Å²) in [6.07, 6.45) is 3.35. The largest absolute Gasteiger partial charge is 0.329 e. The Bertz CT molecular complexity index is 696. The summed E-state index contributed by atoms with van der Waals surface area (Å²) in [5.74, 6) is 0.0251. The van der Waals surface area contributed by atoms with Crippen molar-refractivity contribution in [1.29, 1.82) is 0 Å². The molecule has 1 unspecified atom stereocenters. The molecule has 1 atom stereocenters. The number of nitrogens with one attached hydrogen (secondary N) is 1. The molecule has 130 valence electrons. The van der Waals surface area contributed by atoms with Crippen molar-refractivity contribution in [3.8, 4) is 0 Å². The molecule has 2 aromatic rings. The summed E-state index contributed by atoms with van der Waals surface area (Å²) in [5, 5.41) is 4.04. The third-order valence-electron chi connectivity index (χ3n) is 4.01. The van der Waals surface area contributed by atoms with Gasteiger partial charge < -0.3 is 10.2 Å². The van der Waals surface area contributed by atoms with Crippen LogP contribution in [0.25, 0.3) is 0 Å². The number of nitrogens with zero attached hydrogens (tertiary/aromatic N) is 2. The molecule has 0 spiro atoms. The Balaban J connectivity index is 0.00000144. The highest BCUT2D eigenvalue weighted by Crippen LogP contribution is 2.26. The van der Waals surface area contributed by atoms with Crippen LogP contribution in [0.1, 0.15) is 27.5 Å². The van der Waals surface area contributed by atoms with Crippen LogP contribution < -0.4 is 5.32 Å². The Morgan fingerprint density at radius 1 is 1.33 bits per heavy atom. The van der Waals surface area contributed by atoms with E-state index in [1.807, 2.05) is 42.2 Å². The third kappa shape index (κ3) is 4.39. The Hall–Kier alpha value is -1.33. The molecule has 2 heterocycles. The number of rotatable bonds is 2. The molecular weight excluding hydrogens is 369 g/mol. The summed E-state index contributed by atoms with van der Waals surface area (Å²) < 4.78 is 0. The molecule has 0 bridgehead atoms. The van der Waals surface area contributed by atoms with Gasteiger partial charge in [0.2, 0.25) is 0 Å². The average Bonchev–Trinajstić information content (AvgIpc) is 2.55. The molecule has 4 nitrogen and oxygen atoms in total. The maximum atomic E-state index is 12.9. The SMILES string of the molecule is Cc1ccncc1C(=O)N1CCNCC1c1cccc(Cl)c1.Cl.Cl. The lowest BCUT2D eigenvalue weighted by Gasteiger charge is -2.37. The topological polar surface area (TPSA) is 45.2 Å². The van der Waals surface area contributed by atoms with E-state index in [1.165, 1.54) is 0 Å². The van der Waals surface area contributed by atoms with Crippen LogP contribution in [0.2, 0.25) is 5.02 Å². The number of aryl methyl sites for hydroxylation is 1. The van der Waals surface area contributed by atoms with E-state index in [-0.39, 0.29) is 36.8 Å². The smallest absolute Gasteiger partial charge is 0.256 e. The summed E-state index contributed by atoms with van der Waals surface area (Å²) in [5.41, 5.74) is 2.66. The van der Waals surface area contributed by atoms with Crippen molar-refractivity contribution in [2.75, 3.05) is 19.6 Å². The van der Waals surface area contributed by atoms with Gasteiger partial charge in [-0.1, -0.05) is 23.7 Å². The van der Waals surface area contributed by atoms with Crippen LogP contribution in [0, 0.1) is 6.92 Å². The van der Waals surface area contributed by atoms with Gasteiger partial charge in [-0.05, 0) is 36.2 Å². The number of amides is 1. The van der Waals surface area contributed by atoms with Gasteiger partial charge >= 0.3 is 0 Å². The molecule has 1 amide bonds. The van der Waals surface area contributed by atoms with Crippen LogP contribution >= 0.6 is 36.4 Å². The predicted molar refractivity (Wildman–Crippen MR) is 102 cm³/mol. The predicted octanol–water partition coefficient (Wildman–Crippen LogP) is 3.67. The number of halogens is 3. The Labute approximate surface area is 159 Å². The second kappa shape index (κ2) is 9.23. The van der Waals surface area contributed by atoms with Crippen molar-refractivity contribution in [2.24, 2.45) is 0 Å². The fraction of sp³-hybridized carbons (Fsp3) is 0.294. The van der Waals surface area contributed by atoms with E-state index < -0.39 is 0 Å². The minimum atomic E-state index is -0.0143. The lowest BCUT2D eigenvalue weighted by molar-refractivity contribution is 0.0633. The Morgan fingerprint density at radius 2 is 2.12 bits per heavy atom. The molecule has 24 heavy (non-hydrogen) atoms. The lowest BCUT2D eigenvalue weighted by Crippen LogP contribution is -2.48. The molecule has 1 aliphatic heterocycles. The first-order valence-electron chi connectivity index (χ1n) is 7.34. The van der Waals surface area contributed by atoms with Crippen molar-refractivity contribution in [2.45, 2.75) is 13.0 Å². The van der Waals surface area contributed by atoms with Gasteiger partial charge in [0.05, 0.1) is 11.6 Å². The van der Waals surface area contributed by atoms with Crippen LogP contribution in [0.4, 0.5) is 0 Å². The molecule has 0 radical (unpaired) electrons. The van der Waals surface area contributed by atoms with Crippen LogP contribution in [-0.4, -0.2) is 35.4 Å². The van der Waals surface area contributed by atoms with Gasteiger partial charge in [-0.3, -0.25) is 9.78 Å². The number of aromatic nitrogens is 1. The molecule has 1 aromatic heterocycles. The maximum absolute atomic E-state index is 12.9. The van der Waals surface area contributed by atoms with E-state index in [0.717, 1.165) is 24.2 Å². The summed E-state index contributed by atoms with van der Waals surface area (Å²) in [6, 6.07) is 9.56. The third-order valence-corrected chi connectivity index (χ3v) is 4.24. The normalized spacial score (nSPS) is 16.8. The van der Waals surface area contributed by atoms with Crippen molar-refractivity contribution in [3.63, 3.8) is 0 Å². The maximum Gasteiger partial charge on any atom is 0.256 e. The summed E-state index contributed by atoms with van der Waals surface area (Å²) >= 11 is 6.10. The van der Waals surface area contributed by atoms with Crippen molar-refractivity contribution < 1.29 is 4.79 Å². The van der Waals surface area contributed by atoms with E-state index in [1.54, 1.807) is 12.4 Å². The fourth-order valence-corrected chi connectivity index (χ4v) is 3.00. The number of benzene rings is 1. The summed E-state index contributed by atoms with van der Waals surface area (Å²) in [7, 11) is 0. The molecule has 1 aromatic carbocycles. The first-order chi connectivity index (χ1) is 10.7. The lowest BCUT2D eigenvalue weighted by atomic mass is 10.0. The first-order valence-corrected chi connectivity index (χ1v) is 7.72. The first kappa shape index (κ1) is 20.7. The number of piperazine rings is 1. The van der Waals surface area contributed by atoms with E-state index >= 15 is 0 Å². The fourth-order valence-electron chi connectivity index (χ4n) is 2.80. The number of carbonyl (C=O) groups excluding carboxylic acids is 1. The van der Waals surface area contributed by atoms with Gasteiger partial charge in [-0.2, -0.15) is 0 Å². The van der Waals surface area contributed by atoms with Crippen molar-refractivity contribution >= 4 is 42.3 Å². The zero-order chi connectivity index (χ0) is 15.5.